The van der Waals surface area contributed by atoms with E-state index in [-0.39, 0.29) is 17.9 Å². The summed E-state index contributed by atoms with van der Waals surface area (Å²) in [7, 11) is 0. The predicted molar refractivity (Wildman–Crippen MR) is 142 cm³/mol. The molecular formula is C29H27F4N5O2. The molecule has 7 nitrogen and oxygen atoms in total. The summed E-state index contributed by atoms with van der Waals surface area (Å²) in [5.74, 6) is -1.29. The van der Waals surface area contributed by atoms with E-state index in [9.17, 15) is 22.4 Å². The van der Waals surface area contributed by atoms with Crippen LogP contribution in [0.15, 0.2) is 72.8 Å². The van der Waals surface area contributed by atoms with Gasteiger partial charge in [-0.05, 0) is 71.8 Å². The Bertz CT molecular complexity index is 1530. The van der Waals surface area contributed by atoms with Gasteiger partial charge >= 0.3 is 6.18 Å². The van der Waals surface area contributed by atoms with E-state index >= 15 is 0 Å². The minimum atomic E-state index is -4.80. The van der Waals surface area contributed by atoms with Gasteiger partial charge in [0.05, 0.1) is 18.0 Å². The fourth-order valence-corrected chi connectivity index (χ4v) is 4.31. The normalized spacial score (nSPS) is 14.2. The van der Waals surface area contributed by atoms with Crippen molar-refractivity contribution in [1.82, 2.24) is 9.78 Å². The maximum atomic E-state index is 14.9. The lowest BCUT2D eigenvalue weighted by Gasteiger charge is -2.20. The summed E-state index contributed by atoms with van der Waals surface area (Å²) in [4.78, 5) is 13.3. The molecule has 1 aliphatic rings. The first-order valence-electron chi connectivity index (χ1n) is 12.7. The molecule has 1 amide bonds. The molecule has 0 radical (unpaired) electrons. The standard InChI is InChI=1S/C29H27F4N5O2/c30-23-10-9-20(27(40-16-17-7-8-17)19-4-2-5-21(35)12-19)13-24(23)36-28(39)25-14-26(29(31,32)33)37-38(25)22-6-1-3-18(11-22)15-34/h1-6,9-14,17,27H,7-8,15-16,34-35H2,(H,36,39)/t27-/m1/s1. The van der Waals surface area contributed by atoms with Gasteiger partial charge in [0.25, 0.3) is 5.91 Å². The Labute approximate surface area is 227 Å². The lowest BCUT2D eigenvalue weighted by molar-refractivity contribution is -0.141. The van der Waals surface area contributed by atoms with Gasteiger partial charge in [0, 0.05) is 18.3 Å². The van der Waals surface area contributed by atoms with Crippen molar-refractivity contribution in [2.45, 2.75) is 31.7 Å². The first-order valence-corrected chi connectivity index (χ1v) is 12.7. The van der Waals surface area contributed by atoms with Crippen LogP contribution in [0.1, 0.15) is 51.8 Å². The van der Waals surface area contributed by atoms with Gasteiger partial charge in [-0.25, -0.2) is 9.07 Å². The highest BCUT2D eigenvalue weighted by atomic mass is 19.4. The van der Waals surface area contributed by atoms with E-state index in [4.69, 9.17) is 16.2 Å². The average Bonchev–Trinajstić information content (AvgIpc) is 3.63. The lowest BCUT2D eigenvalue weighted by atomic mass is 10.00. The van der Waals surface area contributed by atoms with Crippen molar-refractivity contribution in [2.24, 2.45) is 11.7 Å². The zero-order chi connectivity index (χ0) is 28.4. The molecule has 208 valence electrons. The summed E-state index contributed by atoms with van der Waals surface area (Å²) in [6, 6.07) is 18.2. The number of aromatic nitrogens is 2. The zero-order valence-electron chi connectivity index (χ0n) is 21.3. The van der Waals surface area contributed by atoms with Crippen LogP contribution in [0.3, 0.4) is 0 Å². The highest BCUT2D eigenvalue weighted by Gasteiger charge is 2.36. The van der Waals surface area contributed by atoms with Crippen LogP contribution in [0, 0.1) is 11.7 Å². The number of nitrogen functional groups attached to an aromatic ring is 1. The van der Waals surface area contributed by atoms with E-state index in [2.05, 4.69) is 10.4 Å². The molecule has 1 fully saturated rings. The molecule has 5 rings (SSSR count). The summed E-state index contributed by atoms with van der Waals surface area (Å²) in [5, 5.41) is 6.04. The third-order valence-electron chi connectivity index (χ3n) is 6.57. The first-order chi connectivity index (χ1) is 19.1. The highest BCUT2D eigenvalue weighted by Crippen LogP contribution is 2.35. The molecule has 0 unspecified atom stereocenters. The molecule has 1 heterocycles. The molecule has 40 heavy (non-hydrogen) atoms. The van der Waals surface area contributed by atoms with Crippen molar-refractivity contribution in [2.75, 3.05) is 17.7 Å². The number of nitrogens with zero attached hydrogens (tertiary/aromatic N) is 2. The second-order valence-corrected chi connectivity index (χ2v) is 9.72. The molecule has 1 aromatic heterocycles. The summed E-state index contributed by atoms with van der Waals surface area (Å²) in [5.41, 5.74) is 12.4. The van der Waals surface area contributed by atoms with E-state index in [1.54, 1.807) is 30.3 Å². The van der Waals surface area contributed by atoms with Gasteiger partial charge in [0.1, 0.15) is 17.6 Å². The van der Waals surface area contributed by atoms with Gasteiger partial charge in [-0.15, -0.1) is 0 Å². The maximum absolute atomic E-state index is 14.9. The van der Waals surface area contributed by atoms with Crippen LogP contribution in [0.5, 0.6) is 0 Å². The number of benzene rings is 3. The van der Waals surface area contributed by atoms with Gasteiger partial charge in [-0.1, -0.05) is 30.3 Å². The number of ether oxygens (including phenoxy) is 1. The number of anilines is 2. The molecule has 0 aliphatic heterocycles. The van der Waals surface area contributed by atoms with Crippen LogP contribution in [-0.4, -0.2) is 22.3 Å². The third-order valence-corrected chi connectivity index (χ3v) is 6.57. The Morgan fingerprint density at radius 1 is 1.05 bits per heavy atom. The van der Waals surface area contributed by atoms with Crippen molar-refractivity contribution in [1.29, 1.82) is 0 Å². The van der Waals surface area contributed by atoms with Crippen molar-refractivity contribution >= 4 is 17.3 Å². The van der Waals surface area contributed by atoms with Gasteiger partial charge in [-0.2, -0.15) is 18.3 Å². The average molecular weight is 554 g/mol. The van der Waals surface area contributed by atoms with Crippen LogP contribution in [0.25, 0.3) is 5.69 Å². The second kappa shape index (κ2) is 11.1. The number of nitrogens with two attached hydrogens (primary N) is 2. The Hall–Kier alpha value is -4.22. The van der Waals surface area contributed by atoms with E-state index in [0.717, 1.165) is 23.1 Å². The number of alkyl halides is 3. The van der Waals surface area contributed by atoms with E-state index in [0.29, 0.717) is 35.4 Å². The molecule has 0 bridgehead atoms. The molecule has 11 heteroatoms. The number of nitrogens with one attached hydrogen (secondary N) is 1. The van der Waals surface area contributed by atoms with Crippen LogP contribution >= 0.6 is 0 Å². The summed E-state index contributed by atoms with van der Waals surface area (Å²) < 4.78 is 62.6. The fraction of sp³-hybridized carbons (Fsp3) is 0.241. The Balaban J connectivity index is 1.49. The second-order valence-electron chi connectivity index (χ2n) is 9.72. The van der Waals surface area contributed by atoms with Gasteiger partial charge in [0.2, 0.25) is 0 Å². The Kier molecular flexibility index (Phi) is 7.59. The number of hydrogen-bond acceptors (Lipinski definition) is 5. The van der Waals surface area contributed by atoms with Crippen molar-refractivity contribution in [3.05, 3.63) is 107 Å². The zero-order valence-corrected chi connectivity index (χ0v) is 21.3. The number of hydrogen-bond donors (Lipinski definition) is 3. The maximum Gasteiger partial charge on any atom is 0.435 e. The highest BCUT2D eigenvalue weighted by molar-refractivity contribution is 6.03. The number of carbonyl (C=O) groups is 1. The molecule has 0 spiro atoms. The largest absolute Gasteiger partial charge is 0.435 e. The van der Waals surface area contributed by atoms with E-state index < -0.39 is 35.4 Å². The molecule has 3 aromatic carbocycles. The Morgan fingerprint density at radius 3 is 2.50 bits per heavy atom. The molecule has 1 atom stereocenters. The van der Waals surface area contributed by atoms with E-state index in [1.165, 1.54) is 30.3 Å². The van der Waals surface area contributed by atoms with Crippen LogP contribution in [0.2, 0.25) is 0 Å². The predicted octanol–water partition coefficient (Wildman–Crippen LogP) is 5.84. The summed E-state index contributed by atoms with van der Waals surface area (Å²) in [6.07, 6.45) is -3.27. The van der Waals surface area contributed by atoms with Gasteiger partial charge in [-0.3, -0.25) is 4.79 Å². The molecule has 1 saturated carbocycles. The van der Waals surface area contributed by atoms with Crippen LogP contribution < -0.4 is 16.8 Å². The number of amides is 1. The number of carbonyl (C=O) groups excluding carboxylic acids is 1. The molecule has 4 aromatic rings. The topological polar surface area (TPSA) is 108 Å². The summed E-state index contributed by atoms with van der Waals surface area (Å²) in [6.45, 7) is 0.637. The molecule has 5 N–H and O–H groups in total. The number of rotatable bonds is 9. The summed E-state index contributed by atoms with van der Waals surface area (Å²) >= 11 is 0. The fourth-order valence-electron chi connectivity index (χ4n) is 4.31. The van der Waals surface area contributed by atoms with E-state index in [1.807, 2.05) is 6.07 Å². The van der Waals surface area contributed by atoms with Gasteiger partial charge < -0.3 is 21.5 Å². The monoisotopic (exact) mass is 553 g/mol. The van der Waals surface area contributed by atoms with Crippen molar-refractivity contribution < 1.29 is 27.1 Å². The third kappa shape index (κ3) is 6.16. The minimum absolute atomic E-state index is 0.137. The minimum Gasteiger partial charge on any atom is -0.399 e. The van der Waals surface area contributed by atoms with Crippen LogP contribution in [-0.2, 0) is 17.5 Å². The Morgan fingerprint density at radius 2 is 1.80 bits per heavy atom. The SMILES string of the molecule is NCc1cccc(-n2nc(C(F)(F)F)cc2C(=O)Nc2cc([C@H](OCC3CC3)c3cccc(N)c3)ccc2F)c1. The van der Waals surface area contributed by atoms with Gasteiger partial charge in [0.15, 0.2) is 5.69 Å². The molecule has 1 aliphatic carbocycles. The molecule has 0 saturated heterocycles. The molecular weight excluding hydrogens is 526 g/mol. The van der Waals surface area contributed by atoms with Crippen LogP contribution in [0.4, 0.5) is 28.9 Å². The lowest BCUT2D eigenvalue weighted by Crippen LogP contribution is -2.18. The van der Waals surface area contributed by atoms with Crippen molar-refractivity contribution in [3.8, 4) is 5.69 Å². The smallest absolute Gasteiger partial charge is 0.399 e. The quantitative estimate of drug-likeness (QED) is 0.178. The van der Waals surface area contributed by atoms with Crippen molar-refractivity contribution in [3.63, 3.8) is 0 Å². The number of halogens is 4. The first kappa shape index (κ1) is 27.4.